The van der Waals surface area contributed by atoms with Gasteiger partial charge in [-0.1, -0.05) is 6.92 Å². The zero-order valence-corrected chi connectivity index (χ0v) is 9.64. The number of hydrogen-bond acceptors (Lipinski definition) is 2. The van der Waals surface area contributed by atoms with Gasteiger partial charge in [0.05, 0.1) is 0 Å². The van der Waals surface area contributed by atoms with Crippen molar-refractivity contribution < 1.29 is 9.59 Å². The molecule has 1 heterocycles. The summed E-state index contributed by atoms with van der Waals surface area (Å²) in [5, 5.41) is 2.99. The molecule has 1 fully saturated rings. The summed E-state index contributed by atoms with van der Waals surface area (Å²) in [7, 11) is 0. The van der Waals surface area contributed by atoms with E-state index in [9.17, 15) is 9.59 Å². The van der Waals surface area contributed by atoms with Crippen LogP contribution in [0, 0.1) is 11.3 Å². The summed E-state index contributed by atoms with van der Waals surface area (Å²) in [6.45, 7) is 2.12. The fraction of sp³-hybridized carbons (Fsp3) is 0.692. The summed E-state index contributed by atoms with van der Waals surface area (Å²) in [5.41, 5.74) is 2.38. The molecule has 0 aromatic rings. The highest BCUT2D eigenvalue weighted by atomic mass is 16.1. The molecule has 3 rings (SSSR count). The van der Waals surface area contributed by atoms with E-state index in [4.69, 9.17) is 0 Å². The number of rotatable bonds is 0. The molecule has 3 heteroatoms. The van der Waals surface area contributed by atoms with E-state index >= 15 is 0 Å². The van der Waals surface area contributed by atoms with Crippen LogP contribution in [0.25, 0.3) is 0 Å². The third-order valence-electron chi connectivity index (χ3n) is 4.68. The van der Waals surface area contributed by atoms with Gasteiger partial charge in [-0.2, -0.15) is 0 Å². The summed E-state index contributed by atoms with van der Waals surface area (Å²) in [5.74, 6) is 0.983. The highest BCUT2D eigenvalue weighted by Crippen LogP contribution is 2.53. The lowest BCUT2D eigenvalue weighted by Crippen LogP contribution is -2.40. The molecule has 1 saturated carbocycles. The van der Waals surface area contributed by atoms with Crippen molar-refractivity contribution in [3.63, 3.8) is 0 Å². The van der Waals surface area contributed by atoms with Gasteiger partial charge in [-0.3, -0.25) is 9.59 Å². The van der Waals surface area contributed by atoms with E-state index in [1.807, 2.05) is 0 Å². The molecule has 0 aromatic heterocycles. The number of carbonyl (C=O) groups is 2. The zero-order chi connectivity index (χ0) is 11.3. The first-order valence-corrected chi connectivity index (χ1v) is 6.16. The van der Waals surface area contributed by atoms with Crippen LogP contribution in [0.3, 0.4) is 0 Å². The van der Waals surface area contributed by atoms with Gasteiger partial charge in [-0.05, 0) is 37.2 Å². The minimum atomic E-state index is -0.124. The van der Waals surface area contributed by atoms with Crippen molar-refractivity contribution in [3.8, 4) is 0 Å². The third kappa shape index (κ3) is 1.20. The monoisotopic (exact) mass is 219 g/mol. The van der Waals surface area contributed by atoms with Gasteiger partial charge < -0.3 is 5.32 Å². The van der Waals surface area contributed by atoms with Crippen LogP contribution >= 0.6 is 0 Å². The van der Waals surface area contributed by atoms with Crippen LogP contribution in [0.5, 0.6) is 0 Å². The number of amides is 1. The van der Waals surface area contributed by atoms with Crippen LogP contribution in [0.2, 0.25) is 0 Å². The molecular formula is C13H17NO2. The molecule has 1 unspecified atom stereocenters. The van der Waals surface area contributed by atoms with Gasteiger partial charge in [0.15, 0.2) is 0 Å². The number of allylic oxidation sites excluding steroid dienone is 2. The van der Waals surface area contributed by atoms with Crippen molar-refractivity contribution >= 4 is 11.7 Å². The average Bonchev–Trinajstić information content (AvgIpc) is 2.56. The maximum Gasteiger partial charge on any atom is 0.224 e. The van der Waals surface area contributed by atoms with Crippen molar-refractivity contribution in [2.24, 2.45) is 11.3 Å². The van der Waals surface area contributed by atoms with E-state index < -0.39 is 0 Å². The minimum absolute atomic E-state index is 0.124. The van der Waals surface area contributed by atoms with Crippen LogP contribution in [0.1, 0.15) is 45.4 Å². The molecule has 0 saturated heterocycles. The van der Waals surface area contributed by atoms with Crippen LogP contribution in [0.4, 0.5) is 0 Å². The van der Waals surface area contributed by atoms with Gasteiger partial charge >= 0.3 is 0 Å². The molecule has 0 bridgehead atoms. The first kappa shape index (κ1) is 10.1. The van der Waals surface area contributed by atoms with Crippen LogP contribution in [0.15, 0.2) is 11.3 Å². The first-order valence-electron chi connectivity index (χ1n) is 6.16. The van der Waals surface area contributed by atoms with Gasteiger partial charge in [0.1, 0.15) is 5.78 Å². The number of nitrogens with one attached hydrogen (secondary N) is 1. The van der Waals surface area contributed by atoms with Crippen LogP contribution in [-0.4, -0.2) is 11.7 Å². The van der Waals surface area contributed by atoms with Crippen molar-refractivity contribution in [3.05, 3.63) is 11.3 Å². The number of fused-ring (bicyclic) bond motifs is 2. The Hall–Kier alpha value is -1.12. The Morgan fingerprint density at radius 2 is 2.00 bits per heavy atom. The Kier molecular flexibility index (Phi) is 2.00. The van der Waals surface area contributed by atoms with Crippen molar-refractivity contribution in [1.82, 2.24) is 5.32 Å². The smallest absolute Gasteiger partial charge is 0.224 e. The lowest BCUT2D eigenvalue weighted by Gasteiger charge is -2.40. The molecule has 3 aliphatic rings. The van der Waals surface area contributed by atoms with Gasteiger partial charge in [0.2, 0.25) is 5.91 Å². The Bertz CT molecular complexity index is 410. The number of ketones is 1. The van der Waals surface area contributed by atoms with E-state index in [-0.39, 0.29) is 11.3 Å². The summed E-state index contributed by atoms with van der Waals surface area (Å²) >= 11 is 0. The minimum Gasteiger partial charge on any atom is -0.330 e. The fourth-order valence-corrected chi connectivity index (χ4v) is 3.65. The molecule has 86 valence electrons. The Morgan fingerprint density at radius 1 is 1.19 bits per heavy atom. The lowest BCUT2D eigenvalue weighted by atomic mass is 9.66. The third-order valence-corrected chi connectivity index (χ3v) is 4.68. The van der Waals surface area contributed by atoms with E-state index in [2.05, 4.69) is 12.2 Å². The quantitative estimate of drug-likeness (QED) is 0.676. The molecular weight excluding hydrogens is 202 g/mol. The predicted molar refractivity (Wildman–Crippen MR) is 59.5 cm³/mol. The normalized spacial score (nSPS) is 38.2. The summed E-state index contributed by atoms with van der Waals surface area (Å²) in [6.07, 6.45) is 4.97. The van der Waals surface area contributed by atoms with Crippen LogP contribution in [-0.2, 0) is 9.59 Å². The summed E-state index contributed by atoms with van der Waals surface area (Å²) in [6, 6.07) is 0. The Labute approximate surface area is 95.3 Å². The van der Waals surface area contributed by atoms with Crippen molar-refractivity contribution in [1.29, 1.82) is 0 Å². The highest BCUT2D eigenvalue weighted by Gasteiger charge is 2.50. The SMILES string of the molecule is C[C@]12CCC3=C(CCC(=O)N3)C1CCC2=O. The standard InChI is InChI=1S/C13H17NO2/c1-13-7-6-10-8(2-5-12(16)14-10)9(13)3-4-11(13)15/h9H,2-7H2,1H3,(H,14,16)/t9?,13-/m0/s1. The molecule has 3 nitrogen and oxygen atoms in total. The Balaban J connectivity index is 2.00. The second-order valence-corrected chi connectivity index (χ2v) is 5.48. The number of hydrogen-bond donors (Lipinski definition) is 1. The van der Waals surface area contributed by atoms with E-state index in [1.54, 1.807) is 0 Å². The fourth-order valence-electron chi connectivity index (χ4n) is 3.65. The molecule has 2 atom stereocenters. The molecule has 1 aliphatic heterocycles. The second kappa shape index (κ2) is 3.19. The number of Topliss-reactive ketones (excluding diaryl/α,β-unsaturated/α-hetero) is 1. The maximum absolute atomic E-state index is 12.0. The van der Waals surface area contributed by atoms with E-state index in [1.165, 1.54) is 5.57 Å². The van der Waals surface area contributed by atoms with Gasteiger partial charge in [-0.25, -0.2) is 0 Å². The van der Waals surface area contributed by atoms with Crippen molar-refractivity contribution in [2.75, 3.05) is 0 Å². The first-order chi connectivity index (χ1) is 7.61. The topological polar surface area (TPSA) is 46.2 Å². The predicted octanol–water partition coefficient (Wildman–Crippen LogP) is 1.93. The average molecular weight is 219 g/mol. The molecule has 0 spiro atoms. The van der Waals surface area contributed by atoms with E-state index in [0.717, 1.165) is 37.8 Å². The molecule has 2 aliphatic carbocycles. The molecule has 1 N–H and O–H groups in total. The molecule has 1 amide bonds. The van der Waals surface area contributed by atoms with Gasteiger partial charge in [-0.15, -0.1) is 0 Å². The Morgan fingerprint density at radius 3 is 2.81 bits per heavy atom. The summed E-state index contributed by atoms with van der Waals surface area (Å²) < 4.78 is 0. The number of carbonyl (C=O) groups excluding carboxylic acids is 2. The van der Waals surface area contributed by atoms with E-state index in [0.29, 0.717) is 18.1 Å². The largest absolute Gasteiger partial charge is 0.330 e. The zero-order valence-electron chi connectivity index (χ0n) is 9.64. The molecule has 0 radical (unpaired) electrons. The maximum atomic E-state index is 12.0. The van der Waals surface area contributed by atoms with Gasteiger partial charge in [0, 0.05) is 24.0 Å². The highest BCUT2D eigenvalue weighted by molar-refractivity contribution is 5.88. The summed E-state index contributed by atoms with van der Waals surface area (Å²) in [4.78, 5) is 23.3. The van der Waals surface area contributed by atoms with Gasteiger partial charge in [0.25, 0.3) is 0 Å². The van der Waals surface area contributed by atoms with Crippen molar-refractivity contribution in [2.45, 2.75) is 45.4 Å². The second-order valence-electron chi connectivity index (χ2n) is 5.48. The molecule has 0 aromatic carbocycles. The van der Waals surface area contributed by atoms with Crippen LogP contribution < -0.4 is 5.32 Å². The molecule has 16 heavy (non-hydrogen) atoms. The lowest BCUT2D eigenvalue weighted by molar-refractivity contribution is -0.126.